The number of rotatable bonds is 6. The summed E-state index contributed by atoms with van der Waals surface area (Å²) in [5, 5.41) is 2.94. The topological polar surface area (TPSA) is 84.9 Å². The molecule has 2 saturated heterocycles. The van der Waals surface area contributed by atoms with Gasteiger partial charge in [-0.1, -0.05) is 42.0 Å². The number of ether oxygens (including phenoxy) is 2. The lowest BCUT2D eigenvalue weighted by atomic mass is 9.77. The zero-order valence-corrected chi connectivity index (χ0v) is 16.0. The molecular formula is C21H24N2O5. The molecule has 2 fully saturated rings. The van der Waals surface area contributed by atoms with E-state index in [4.69, 9.17) is 9.47 Å². The lowest BCUT2D eigenvalue weighted by molar-refractivity contribution is -0.149. The van der Waals surface area contributed by atoms with Gasteiger partial charge in [0.1, 0.15) is 12.1 Å². The molecule has 28 heavy (non-hydrogen) atoms. The highest BCUT2D eigenvalue weighted by Crippen LogP contribution is 2.51. The molecule has 0 radical (unpaired) electrons. The van der Waals surface area contributed by atoms with Crippen molar-refractivity contribution < 1.29 is 23.9 Å². The van der Waals surface area contributed by atoms with Crippen molar-refractivity contribution in [3.8, 4) is 0 Å². The van der Waals surface area contributed by atoms with E-state index in [1.807, 2.05) is 43.3 Å². The number of likely N-dealkylation sites (tertiary alicyclic amines) is 1. The van der Waals surface area contributed by atoms with Crippen LogP contribution in [0, 0.1) is 18.8 Å². The number of carbonyl (C=O) groups is 3. The molecule has 0 aliphatic carbocycles. The molecule has 3 heterocycles. The van der Waals surface area contributed by atoms with Gasteiger partial charge in [0.25, 0.3) is 0 Å². The fourth-order valence-electron chi connectivity index (χ4n) is 4.39. The van der Waals surface area contributed by atoms with Crippen LogP contribution in [-0.4, -0.2) is 54.1 Å². The zero-order chi connectivity index (χ0) is 19.9. The Kier molecular flexibility index (Phi) is 4.71. The summed E-state index contributed by atoms with van der Waals surface area (Å²) in [6, 6.07) is 7.92. The lowest BCUT2D eigenvalue weighted by Gasteiger charge is -2.23. The number of carbonyl (C=O) groups excluding carboxylic acids is 3. The van der Waals surface area contributed by atoms with Crippen molar-refractivity contribution >= 4 is 17.8 Å². The maximum Gasteiger partial charge on any atom is 0.325 e. The average Bonchev–Trinajstić information content (AvgIpc) is 3.30. The number of nitrogens with zero attached hydrogens (tertiary/aromatic N) is 1. The van der Waals surface area contributed by atoms with E-state index in [0.717, 1.165) is 11.1 Å². The van der Waals surface area contributed by atoms with Gasteiger partial charge in [-0.05, 0) is 19.4 Å². The molecule has 7 heteroatoms. The molecule has 3 aliphatic heterocycles. The number of aryl methyl sites for hydroxylation is 1. The van der Waals surface area contributed by atoms with Crippen molar-refractivity contribution in [1.29, 1.82) is 0 Å². The second-order valence-corrected chi connectivity index (χ2v) is 7.60. The first-order valence-electron chi connectivity index (χ1n) is 9.58. The Balaban J connectivity index is 1.46. The maximum atomic E-state index is 13.0. The van der Waals surface area contributed by atoms with Gasteiger partial charge in [-0.25, -0.2) is 0 Å². The van der Waals surface area contributed by atoms with Gasteiger partial charge in [-0.3, -0.25) is 14.4 Å². The van der Waals surface area contributed by atoms with Gasteiger partial charge in [-0.15, -0.1) is 0 Å². The number of esters is 1. The third-order valence-corrected chi connectivity index (χ3v) is 5.69. The van der Waals surface area contributed by atoms with Crippen LogP contribution in [-0.2, 0) is 30.4 Å². The Bertz CT molecular complexity index is 834. The monoisotopic (exact) mass is 384 g/mol. The number of fused-ring (bicyclic) bond motifs is 1. The molecule has 1 N–H and O–H groups in total. The van der Waals surface area contributed by atoms with E-state index in [9.17, 15) is 14.4 Å². The molecule has 148 valence electrons. The van der Waals surface area contributed by atoms with Crippen LogP contribution in [0.3, 0.4) is 0 Å². The highest BCUT2D eigenvalue weighted by Gasteiger charge is 2.66. The van der Waals surface area contributed by atoms with Crippen LogP contribution in [0.1, 0.15) is 18.1 Å². The molecule has 0 unspecified atom stereocenters. The second kappa shape index (κ2) is 7.05. The first-order valence-corrected chi connectivity index (χ1v) is 9.58. The molecule has 2 amide bonds. The Labute approximate surface area is 163 Å². The molecule has 1 aromatic rings. The van der Waals surface area contributed by atoms with Crippen LogP contribution in [0.4, 0.5) is 0 Å². The van der Waals surface area contributed by atoms with E-state index in [1.165, 1.54) is 4.90 Å². The van der Waals surface area contributed by atoms with Crippen LogP contribution >= 0.6 is 0 Å². The molecule has 0 saturated carbocycles. The average molecular weight is 384 g/mol. The van der Waals surface area contributed by atoms with E-state index in [-0.39, 0.29) is 31.5 Å². The minimum absolute atomic E-state index is 0.121. The number of nitrogens with one attached hydrogen (secondary N) is 1. The quantitative estimate of drug-likeness (QED) is 0.583. The van der Waals surface area contributed by atoms with Crippen LogP contribution in [0.15, 0.2) is 36.4 Å². The normalized spacial score (nSPS) is 29.9. The summed E-state index contributed by atoms with van der Waals surface area (Å²) in [7, 11) is 0. The highest BCUT2D eigenvalue weighted by atomic mass is 16.5. The number of amides is 2. The standard InChI is InChI=1S/C21H24N2O5/c1-3-27-16(24)11-23-12-21-9-8-15(28-21)17(18(21)20(23)26)19(25)22-10-14-6-4-13(2)5-7-14/h4-9,15,17-18H,3,10-12H2,1-2H3,(H,22,25)/t15-,17+,18-,21-/m1/s1. The van der Waals surface area contributed by atoms with E-state index in [0.29, 0.717) is 6.54 Å². The maximum absolute atomic E-state index is 13.0. The van der Waals surface area contributed by atoms with Gasteiger partial charge in [0.15, 0.2) is 0 Å². The molecule has 3 aliphatic rings. The number of hydrogen-bond donors (Lipinski definition) is 1. The fourth-order valence-corrected chi connectivity index (χ4v) is 4.39. The van der Waals surface area contributed by atoms with E-state index < -0.39 is 29.5 Å². The Morgan fingerprint density at radius 3 is 2.79 bits per heavy atom. The minimum Gasteiger partial charge on any atom is -0.465 e. The second-order valence-electron chi connectivity index (χ2n) is 7.60. The third-order valence-electron chi connectivity index (χ3n) is 5.69. The highest BCUT2D eigenvalue weighted by molar-refractivity contribution is 5.94. The smallest absolute Gasteiger partial charge is 0.325 e. The molecule has 1 spiro atoms. The van der Waals surface area contributed by atoms with Crippen LogP contribution in [0.2, 0.25) is 0 Å². The summed E-state index contributed by atoms with van der Waals surface area (Å²) in [4.78, 5) is 39.1. The van der Waals surface area contributed by atoms with Gasteiger partial charge in [0.05, 0.1) is 31.1 Å². The summed E-state index contributed by atoms with van der Waals surface area (Å²) in [6.45, 7) is 4.53. The van der Waals surface area contributed by atoms with Crippen molar-refractivity contribution in [1.82, 2.24) is 10.2 Å². The lowest BCUT2D eigenvalue weighted by Crippen LogP contribution is -2.44. The molecule has 1 aromatic carbocycles. The predicted molar refractivity (Wildman–Crippen MR) is 100.0 cm³/mol. The minimum atomic E-state index is -0.819. The van der Waals surface area contributed by atoms with Crippen LogP contribution in [0.25, 0.3) is 0 Å². The van der Waals surface area contributed by atoms with Gasteiger partial charge in [-0.2, -0.15) is 0 Å². The van der Waals surface area contributed by atoms with Crippen LogP contribution in [0.5, 0.6) is 0 Å². The van der Waals surface area contributed by atoms with Gasteiger partial charge in [0, 0.05) is 6.54 Å². The SMILES string of the molecule is CCOC(=O)CN1C[C@@]23C=C[C@@H](O2)[C@H](C(=O)NCc2ccc(C)cc2)[C@@H]3C1=O. The van der Waals surface area contributed by atoms with Gasteiger partial charge >= 0.3 is 5.97 Å². The van der Waals surface area contributed by atoms with E-state index >= 15 is 0 Å². The predicted octanol–water partition coefficient (Wildman–Crippen LogP) is 0.956. The molecule has 0 aromatic heterocycles. The Morgan fingerprint density at radius 1 is 1.32 bits per heavy atom. The van der Waals surface area contributed by atoms with E-state index in [1.54, 1.807) is 6.92 Å². The van der Waals surface area contributed by atoms with E-state index in [2.05, 4.69) is 5.32 Å². The first kappa shape index (κ1) is 18.7. The molecule has 7 nitrogen and oxygen atoms in total. The molecule has 2 bridgehead atoms. The largest absolute Gasteiger partial charge is 0.465 e. The Hall–Kier alpha value is -2.67. The summed E-state index contributed by atoms with van der Waals surface area (Å²) in [5.41, 5.74) is 1.33. The number of benzene rings is 1. The van der Waals surface area contributed by atoms with Crippen molar-refractivity contribution in [2.45, 2.75) is 32.1 Å². The van der Waals surface area contributed by atoms with Crippen molar-refractivity contribution in [2.24, 2.45) is 11.8 Å². The van der Waals surface area contributed by atoms with Crippen molar-refractivity contribution in [2.75, 3.05) is 19.7 Å². The first-order chi connectivity index (χ1) is 13.4. The van der Waals surface area contributed by atoms with Gasteiger partial charge < -0.3 is 19.7 Å². The van der Waals surface area contributed by atoms with Crippen molar-refractivity contribution in [3.63, 3.8) is 0 Å². The number of hydrogen-bond acceptors (Lipinski definition) is 5. The summed E-state index contributed by atoms with van der Waals surface area (Å²) >= 11 is 0. The molecule has 4 atom stereocenters. The van der Waals surface area contributed by atoms with Gasteiger partial charge in [0.2, 0.25) is 11.8 Å². The summed E-state index contributed by atoms with van der Waals surface area (Å²) in [6.07, 6.45) is 3.32. The summed E-state index contributed by atoms with van der Waals surface area (Å²) in [5.74, 6) is -2.07. The Morgan fingerprint density at radius 2 is 2.07 bits per heavy atom. The van der Waals surface area contributed by atoms with Crippen LogP contribution < -0.4 is 5.32 Å². The third kappa shape index (κ3) is 3.09. The molecule has 4 rings (SSSR count). The fraction of sp³-hybridized carbons (Fsp3) is 0.476. The summed E-state index contributed by atoms with van der Waals surface area (Å²) < 4.78 is 11.0. The van der Waals surface area contributed by atoms with Crippen molar-refractivity contribution in [3.05, 3.63) is 47.5 Å². The zero-order valence-electron chi connectivity index (χ0n) is 16.0. The molecular weight excluding hydrogens is 360 g/mol.